The topological polar surface area (TPSA) is 70.6 Å². The summed E-state index contributed by atoms with van der Waals surface area (Å²) in [6.45, 7) is 1.66. The van der Waals surface area contributed by atoms with Crippen molar-refractivity contribution in [2.45, 2.75) is 25.9 Å². The second-order valence-corrected chi connectivity index (χ2v) is 4.98. The maximum absolute atomic E-state index is 12.1. The van der Waals surface area contributed by atoms with Gasteiger partial charge in [-0.05, 0) is 37.5 Å². The Morgan fingerprint density at radius 1 is 1.18 bits per heavy atom. The molecule has 0 aliphatic heterocycles. The fourth-order valence-corrected chi connectivity index (χ4v) is 1.64. The molecule has 1 aliphatic carbocycles. The van der Waals surface area contributed by atoms with Crippen molar-refractivity contribution in [1.29, 1.82) is 0 Å². The Balaban J connectivity index is 1.97. The van der Waals surface area contributed by atoms with E-state index in [9.17, 15) is 22.8 Å². The van der Waals surface area contributed by atoms with Gasteiger partial charge in [0, 0.05) is 11.6 Å². The molecular weight excluding hydrogens is 299 g/mol. The van der Waals surface area contributed by atoms with E-state index >= 15 is 0 Å². The van der Waals surface area contributed by atoms with Crippen LogP contribution in [0.2, 0.25) is 0 Å². The number of halogens is 3. The van der Waals surface area contributed by atoms with Crippen LogP contribution >= 0.6 is 0 Å². The Morgan fingerprint density at radius 2 is 1.77 bits per heavy atom. The summed E-state index contributed by atoms with van der Waals surface area (Å²) in [6, 6.07) is 5.68. The number of alkyl halides is 3. The molecule has 0 aromatic heterocycles. The van der Waals surface area contributed by atoms with Crippen molar-refractivity contribution in [1.82, 2.24) is 5.43 Å². The van der Waals surface area contributed by atoms with E-state index in [1.54, 1.807) is 12.2 Å². The number of nitrogens with one attached hydrogen (secondary N) is 2. The summed E-state index contributed by atoms with van der Waals surface area (Å²) in [5.41, 5.74) is 3.61. The van der Waals surface area contributed by atoms with Gasteiger partial charge in [0.15, 0.2) is 0 Å². The van der Waals surface area contributed by atoms with Gasteiger partial charge < -0.3 is 5.32 Å². The Labute approximate surface area is 124 Å². The second kappa shape index (κ2) is 6.17. The smallest absolute Gasteiger partial charge is 0.318 e. The van der Waals surface area contributed by atoms with Crippen LogP contribution in [0.25, 0.3) is 0 Å². The standard InChI is InChI=1S/C14H14F3N3O2/c1-8(19-20-12(21)10-2-3-10)9-4-6-11(7-5-9)18-13(22)14(15,16)17/h4-7,10H,2-3H2,1H3,(H,18,22)(H,20,21). The van der Waals surface area contributed by atoms with Crippen LogP contribution in [0.1, 0.15) is 25.3 Å². The molecule has 1 aromatic rings. The lowest BCUT2D eigenvalue weighted by molar-refractivity contribution is -0.167. The number of carbonyl (C=O) groups excluding carboxylic acids is 2. The molecule has 0 unspecified atom stereocenters. The number of benzene rings is 1. The summed E-state index contributed by atoms with van der Waals surface area (Å²) in [7, 11) is 0. The van der Waals surface area contributed by atoms with Crippen LogP contribution in [0.5, 0.6) is 0 Å². The van der Waals surface area contributed by atoms with E-state index in [1.165, 1.54) is 24.3 Å². The molecule has 0 bridgehead atoms. The van der Waals surface area contributed by atoms with Gasteiger partial charge in [-0.3, -0.25) is 9.59 Å². The molecule has 1 fully saturated rings. The normalized spacial score (nSPS) is 15.4. The molecule has 1 saturated carbocycles. The van der Waals surface area contributed by atoms with Crippen LogP contribution in [0.3, 0.4) is 0 Å². The predicted molar refractivity (Wildman–Crippen MR) is 74.2 cm³/mol. The minimum atomic E-state index is -4.93. The predicted octanol–water partition coefficient (Wildman–Crippen LogP) is 2.44. The van der Waals surface area contributed by atoms with Crippen molar-refractivity contribution in [3.8, 4) is 0 Å². The van der Waals surface area contributed by atoms with E-state index in [1.807, 2.05) is 0 Å². The lowest BCUT2D eigenvalue weighted by Crippen LogP contribution is -2.29. The zero-order valence-electron chi connectivity index (χ0n) is 11.7. The van der Waals surface area contributed by atoms with Gasteiger partial charge in [-0.2, -0.15) is 18.3 Å². The molecule has 2 amide bonds. The summed E-state index contributed by atoms with van der Waals surface area (Å²) >= 11 is 0. The van der Waals surface area contributed by atoms with Gasteiger partial charge in [0.25, 0.3) is 0 Å². The molecule has 1 aliphatic rings. The molecule has 0 radical (unpaired) electrons. The van der Waals surface area contributed by atoms with E-state index in [0.29, 0.717) is 11.3 Å². The summed E-state index contributed by atoms with van der Waals surface area (Å²) in [5.74, 6) is -2.12. The molecule has 0 saturated heterocycles. The highest BCUT2D eigenvalue weighted by molar-refractivity contribution is 6.00. The minimum Gasteiger partial charge on any atom is -0.318 e. The molecular formula is C14H14F3N3O2. The van der Waals surface area contributed by atoms with Crippen LogP contribution in [0, 0.1) is 5.92 Å². The van der Waals surface area contributed by atoms with Gasteiger partial charge in [-0.15, -0.1) is 0 Å². The van der Waals surface area contributed by atoms with Crippen molar-refractivity contribution < 1.29 is 22.8 Å². The van der Waals surface area contributed by atoms with Gasteiger partial charge in [0.1, 0.15) is 0 Å². The maximum atomic E-state index is 12.1. The highest BCUT2D eigenvalue weighted by Crippen LogP contribution is 2.28. The number of nitrogens with zero attached hydrogens (tertiary/aromatic N) is 1. The number of hydrogen-bond acceptors (Lipinski definition) is 3. The van der Waals surface area contributed by atoms with E-state index in [2.05, 4.69) is 10.5 Å². The third-order valence-electron chi connectivity index (χ3n) is 3.10. The first-order valence-electron chi connectivity index (χ1n) is 6.60. The summed E-state index contributed by atoms with van der Waals surface area (Å²) in [6.07, 6.45) is -3.19. The fraction of sp³-hybridized carbons (Fsp3) is 0.357. The number of rotatable bonds is 4. The SMILES string of the molecule is CC(=NNC(=O)C1CC1)c1ccc(NC(=O)C(F)(F)F)cc1. The van der Waals surface area contributed by atoms with Crippen molar-refractivity contribution in [2.75, 3.05) is 5.32 Å². The lowest BCUT2D eigenvalue weighted by atomic mass is 10.1. The first-order chi connectivity index (χ1) is 10.3. The van der Waals surface area contributed by atoms with E-state index < -0.39 is 12.1 Å². The monoisotopic (exact) mass is 313 g/mol. The molecule has 2 rings (SSSR count). The van der Waals surface area contributed by atoms with Crippen molar-refractivity contribution in [3.05, 3.63) is 29.8 Å². The summed E-state index contributed by atoms with van der Waals surface area (Å²) in [4.78, 5) is 22.2. The van der Waals surface area contributed by atoms with Crippen molar-refractivity contribution in [3.63, 3.8) is 0 Å². The third-order valence-corrected chi connectivity index (χ3v) is 3.10. The van der Waals surface area contributed by atoms with E-state index in [0.717, 1.165) is 12.8 Å². The largest absolute Gasteiger partial charge is 0.471 e. The summed E-state index contributed by atoms with van der Waals surface area (Å²) < 4.78 is 36.4. The Morgan fingerprint density at radius 3 is 2.27 bits per heavy atom. The minimum absolute atomic E-state index is 0.0286. The van der Waals surface area contributed by atoms with E-state index in [-0.39, 0.29) is 17.5 Å². The maximum Gasteiger partial charge on any atom is 0.471 e. The van der Waals surface area contributed by atoms with Gasteiger partial charge >= 0.3 is 12.1 Å². The molecule has 0 spiro atoms. The van der Waals surface area contributed by atoms with Crippen LogP contribution in [0.15, 0.2) is 29.4 Å². The number of anilines is 1. The van der Waals surface area contributed by atoms with Crippen LogP contribution in [-0.4, -0.2) is 23.7 Å². The Hall–Kier alpha value is -2.38. The zero-order chi connectivity index (χ0) is 16.3. The van der Waals surface area contributed by atoms with Gasteiger partial charge in [0.05, 0.1) is 5.71 Å². The third kappa shape index (κ3) is 4.31. The van der Waals surface area contributed by atoms with Gasteiger partial charge in [-0.25, -0.2) is 5.43 Å². The first-order valence-corrected chi connectivity index (χ1v) is 6.60. The zero-order valence-corrected chi connectivity index (χ0v) is 11.7. The van der Waals surface area contributed by atoms with Crippen molar-refractivity contribution >= 4 is 23.2 Å². The number of amides is 2. The lowest BCUT2D eigenvalue weighted by Gasteiger charge is -2.08. The van der Waals surface area contributed by atoms with Crippen LogP contribution in [-0.2, 0) is 9.59 Å². The van der Waals surface area contributed by atoms with Crippen LogP contribution in [0.4, 0.5) is 18.9 Å². The Bertz CT molecular complexity index is 605. The average molecular weight is 313 g/mol. The molecule has 118 valence electrons. The fourth-order valence-electron chi connectivity index (χ4n) is 1.64. The summed E-state index contributed by atoms with van der Waals surface area (Å²) in [5, 5.41) is 5.68. The molecule has 1 aromatic carbocycles. The van der Waals surface area contributed by atoms with Gasteiger partial charge in [0.2, 0.25) is 5.91 Å². The molecule has 0 heterocycles. The molecule has 2 N–H and O–H groups in total. The van der Waals surface area contributed by atoms with Crippen LogP contribution < -0.4 is 10.7 Å². The molecule has 0 atom stereocenters. The van der Waals surface area contributed by atoms with Crippen molar-refractivity contribution in [2.24, 2.45) is 11.0 Å². The number of hydrogen-bond donors (Lipinski definition) is 2. The number of carbonyl (C=O) groups is 2. The average Bonchev–Trinajstić information content (AvgIpc) is 3.28. The van der Waals surface area contributed by atoms with Gasteiger partial charge in [-0.1, -0.05) is 12.1 Å². The highest BCUT2D eigenvalue weighted by atomic mass is 19.4. The molecule has 22 heavy (non-hydrogen) atoms. The Kier molecular flexibility index (Phi) is 4.48. The quantitative estimate of drug-likeness (QED) is 0.662. The molecule has 5 nitrogen and oxygen atoms in total. The molecule has 8 heteroatoms. The first kappa shape index (κ1) is 16.0. The number of hydrazone groups is 1. The highest BCUT2D eigenvalue weighted by Gasteiger charge is 2.38. The van der Waals surface area contributed by atoms with E-state index in [4.69, 9.17) is 0 Å². The second-order valence-electron chi connectivity index (χ2n) is 4.98.